The van der Waals surface area contributed by atoms with Crippen molar-refractivity contribution in [1.29, 1.82) is 0 Å². The lowest BCUT2D eigenvalue weighted by Gasteiger charge is -2.13. The molecule has 23 heavy (non-hydrogen) atoms. The Bertz CT molecular complexity index is 666. The Morgan fingerprint density at radius 1 is 1.04 bits per heavy atom. The summed E-state index contributed by atoms with van der Waals surface area (Å²) in [7, 11) is 7.13. The van der Waals surface area contributed by atoms with E-state index in [-0.39, 0.29) is 12.3 Å². The molecule has 0 unspecified atom stereocenters. The minimum Gasteiger partial charge on any atom is -0.497 e. The van der Waals surface area contributed by atoms with Gasteiger partial charge in [0, 0.05) is 37.1 Å². The van der Waals surface area contributed by atoms with Crippen LogP contribution in [0.5, 0.6) is 11.5 Å². The van der Waals surface area contributed by atoms with Gasteiger partial charge in [0.15, 0.2) is 0 Å². The van der Waals surface area contributed by atoms with Crippen molar-refractivity contribution in [3.05, 3.63) is 48.0 Å². The van der Waals surface area contributed by atoms with E-state index in [1.54, 1.807) is 20.3 Å². The Kier molecular flexibility index (Phi) is 5.46. The van der Waals surface area contributed by atoms with Gasteiger partial charge in [0.05, 0.1) is 20.6 Å². The zero-order chi connectivity index (χ0) is 16.8. The van der Waals surface area contributed by atoms with Crippen molar-refractivity contribution in [3.63, 3.8) is 0 Å². The SMILES string of the molecule is COc1ccc(CC(=O)Nc2ccc(N(C)C)cc2)c(OC)c1. The lowest BCUT2D eigenvalue weighted by molar-refractivity contribution is -0.115. The molecule has 0 fully saturated rings. The topological polar surface area (TPSA) is 50.8 Å². The largest absolute Gasteiger partial charge is 0.497 e. The van der Waals surface area contributed by atoms with Crippen LogP contribution < -0.4 is 19.7 Å². The number of carbonyl (C=O) groups is 1. The second-order valence-corrected chi connectivity index (χ2v) is 5.34. The fourth-order valence-electron chi connectivity index (χ4n) is 2.22. The average molecular weight is 314 g/mol. The van der Waals surface area contributed by atoms with Crippen LogP contribution in [0.2, 0.25) is 0 Å². The molecule has 122 valence electrons. The summed E-state index contributed by atoms with van der Waals surface area (Å²) in [4.78, 5) is 14.2. The zero-order valence-electron chi connectivity index (χ0n) is 13.9. The van der Waals surface area contributed by atoms with Crippen LogP contribution in [0, 0.1) is 0 Å². The van der Waals surface area contributed by atoms with E-state index in [4.69, 9.17) is 9.47 Å². The van der Waals surface area contributed by atoms with Crippen LogP contribution in [0.25, 0.3) is 0 Å². The highest BCUT2D eigenvalue weighted by Gasteiger charge is 2.10. The molecule has 5 nitrogen and oxygen atoms in total. The van der Waals surface area contributed by atoms with Crippen LogP contribution in [0.1, 0.15) is 5.56 Å². The van der Waals surface area contributed by atoms with Crippen molar-refractivity contribution in [2.45, 2.75) is 6.42 Å². The molecule has 1 amide bonds. The quantitative estimate of drug-likeness (QED) is 0.890. The second kappa shape index (κ2) is 7.54. The van der Waals surface area contributed by atoms with Crippen LogP contribution in [0.3, 0.4) is 0 Å². The van der Waals surface area contributed by atoms with E-state index in [1.165, 1.54) is 0 Å². The van der Waals surface area contributed by atoms with Gasteiger partial charge >= 0.3 is 0 Å². The highest BCUT2D eigenvalue weighted by Crippen LogP contribution is 2.25. The van der Waals surface area contributed by atoms with Gasteiger partial charge < -0.3 is 19.7 Å². The summed E-state index contributed by atoms with van der Waals surface area (Å²) in [5.41, 5.74) is 2.67. The molecule has 0 bridgehead atoms. The number of hydrogen-bond acceptors (Lipinski definition) is 4. The smallest absolute Gasteiger partial charge is 0.228 e. The number of amides is 1. The summed E-state index contributed by atoms with van der Waals surface area (Å²) in [5, 5.41) is 2.89. The number of anilines is 2. The highest BCUT2D eigenvalue weighted by atomic mass is 16.5. The lowest BCUT2D eigenvalue weighted by atomic mass is 10.1. The minimum absolute atomic E-state index is 0.0916. The molecule has 0 aromatic heterocycles. The van der Waals surface area contributed by atoms with E-state index in [0.29, 0.717) is 11.5 Å². The molecule has 0 saturated carbocycles. The van der Waals surface area contributed by atoms with Gasteiger partial charge in [-0.05, 0) is 30.3 Å². The first-order valence-electron chi connectivity index (χ1n) is 7.31. The predicted octanol–water partition coefficient (Wildman–Crippen LogP) is 2.95. The van der Waals surface area contributed by atoms with Crippen LogP contribution >= 0.6 is 0 Å². The number of benzene rings is 2. The Labute approximate surface area is 136 Å². The summed E-state index contributed by atoms with van der Waals surface area (Å²) in [6, 6.07) is 13.1. The van der Waals surface area contributed by atoms with Gasteiger partial charge in [0.1, 0.15) is 11.5 Å². The normalized spacial score (nSPS) is 10.1. The average Bonchev–Trinajstić information content (AvgIpc) is 2.55. The number of nitrogens with one attached hydrogen (secondary N) is 1. The van der Waals surface area contributed by atoms with Gasteiger partial charge in [0.25, 0.3) is 0 Å². The van der Waals surface area contributed by atoms with Crippen LogP contribution in [0.4, 0.5) is 11.4 Å². The molecule has 0 aliphatic rings. The van der Waals surface area contributed by atoms with Gasteiger partial charge in [-0.1, -0.05) is 6.07 Å². The van der Waals surface area contributed by atoms with E-state index in [0.717, 1.165) is 16.9 Å². The summed E-state index contributed by atoms with van der Waals surface area (Å²) in [6.45, 7) is 0. The summed E-state index contributed by atoms with van der Waals surface area (Å²) in [6.07, 6.45) is 0.239. The number of methoxy groups -OCH3 is 2. The zero-order valence-corrected chi connectivity index (χ0v) is 13.9. The Morgan fingerprint density at radius 3 is 2.30 bits per heavy atom. The van der Waals surface area contributed by atoms with E-state index in [2.05, 4.69) is 5.32 Å². The van der Waals surface area contributed by atoms with Gasteiger partial charge in [-0.3, -0.25) is 4.79 Å². The molecule has 0 heterocycles. The van der Waals surface area contributed by atoms with E-state index < -0.39 is 0 Å². The third kappa shape index (κ3) is 4.39. The Hall–Kier alpha value is -2.69. The summed E-state index contributed by atoms with van der Waals surface area (Å²) in [5.74, 6) is 1.25. The molecule has 2 rings (SSSR count). The van der Waals surface area contributed by atoms with Crippen molar-refractivity contribution in [1.82, 2.24) is 0 Å². The number of nitrogens with zero attached hydrogens (tertiary/aromatic N) is 1. The fraction of sp³-hybridized carbons (Fsp3) is 0.278. The molecule has 1 N–H and O–H groups in total. The molecule has 0 radical (unpaired) electrons. The van der Waals surface area contributed by atoms with Crippen LogP contribution in [-0.2, 0) is 11.2 Å². The monoisotopic (exact) mass is 314 g/mol. The van der Waals surface area contributed by atoms with Gasteiger partial charge in [-0.25, -0.2) is 0 Å². The van der Waals surface area contributed by atoms with Crippen molar-refractivity contribution in [2.24, 2.45) is 0 Å². The van der Waals surface area contributed by atoms with Crippen molar-refractivity contribution in [2.75, 3.05) is 38.5 Å². The molecule has 0 aliphatic carbocycles. The van der Waals surface area contributed by atoms with Gasteiger partial charge in [0.2, 0.25) is 5.91 Å². The van der Waals surface area contributed by atoms with Crippen molar-refractivity contribution < 1.29 is 14.3 Å². The maximum Gasteiger partial charge on any atom is 0.228 e. The number of rotatable bonds is 6. The lowest BCUT2D eigenvalue weighted by Crippen LogP contribution is -2.15. The molecular weight excluding hydrogens is 292 g/mol. The molecule has 2 aromatic carbocycles. The number of ether oxygens (including phenoxy) is 2. The van der Waals surface area contributed by atoms with E-state index in [1.807, 2.05) is 55.4 Å². The maximum absolute atomic E-state index is 12.2. The first-order chi connectivity index (χ1) is 11.0. The molecule has 0 atom stereocenters. The van der Waals surface area contributed by atoms with E-state index in [9.17, 15) is 4.79 Å². The molecule has 0 spiro atoms. The van der Waals surface area contributed by atoms with Gasteiger partial charge in [-0.15, -0.1) is 0 Å². The standard InChI is InChI=1S/C18H22N2O3/c1-20(2)15-8-6-14(7-9-15)19-18(21)11-13-5-10-16(22-3)12-17(13)23-4/h5-10,12H,11H2,1-4H3,(H,19,21). The van der Waals surface area contributed by atoms with Crippen LogP contribution in [-0.4, -0.2) is 34.2 Å². The first-order valence-corrected chi connectivity index (χ1v) is 7.31. The first kappa shape index (κ1) is 16.7. The highest BCUT2D eigenvalue weighted by molar-refractivity contribution is 5.92. The number of carbonyl (C=O) groups excluding carboxylic acids is 1. The Balaban J connectivity index is 2.04. The van der Waals surface area contributed by atoms with Crippen LogP contribution in [0.15, 0.2) is 42.5 Å². The third-order valence-corrected chi connectivity index (χ3v) is 3.51. The van der Waals surface area contributed by atoms with Crippen molar-refractivity contribution >= 4 is 17.3 Å². The summed E-state index contributed by atoms with van der Waals surface area (Å²) < 4.78 is 10.5. The fourth-order valence-corrected chi connectivity index (χ4v) is 2.22. The second-order valence-electron chi connectivity index (χ2n) is 5.34. The minimum atomic E-state index is -0.0916. The predicted molar refractivity (Wildman–Crippen MR) is 92.6 cm³/mol. The van der Waals surface area contributed by atoms with E-state index >= 15 is 0 Å². The molecule has 0 saturated heterocycles. The maximum atomic E-state index is 12.2. The Morgan fingerprint density at radius 2 is 1.74 bits per heavy atom. The number of hydrogen-bond donors (Lipinski definition) is 1. The van der Waals surface area contributed by atoms with Crippen molar-refractivity contribution in [3.8, 4) is 11.5 Å². The molecule has 0 aliphatic heterocycles. The molecular formula is C18H22N2O3. The molecule has 2 aromatic rings. The third-order valence-electron chi connectivity index (χ3n) is 3.51. The van der Waals surface area contributed by atoms with Gasteiger partial charge in [-0.2, -0.15) is 0 Å². The molecule has 5 heteroatoms. The summed E-state index contributed by atoms with van der Waals surface area (Å²) >= 11 is 0.